The molecule has 1 fully saturated rings. The second kappa shape index (κ2) is 7.57. The molecule has 0 spiro atoms. The van der Waals surface area contributed by atoms with Gasteiger partial charge in [-0.05, 0) is 18.2 Å². The average molecular weight is 362 g/mol. The van der Waals surface area contributed by atoms with E-state index in [1.165, 1.54) is 0 Å². The van der Waals surface area contributed by atoms with E-state index < -0.39 is 0 Å². The maximum Gasteiger partial charge on any atom is 0.322 e. The van der Waals surface area contributed by atoms with E-state index in [1.807, 2.05) is 37.2 Å². The molecule has 0 bridgehead atoms. The Morgan fingerprint density at radius 3 is 2.76 bits per heavy atom. The van der Waals surface area contributed by atoms with Gasteiger partial charge in [-0.25, -0.2) is 4.79 Å². The molecule has 1 aliphatic heterocycles. The van der Waals surface area contributed by atoms with Crippen molar-refractivity contribution in [2.75, 3.05) is 37.4 Å². The molecule has 0 saturated carbocycles. The third-order valence-corrected chi connectivity index (χ3v) is 4.25. The van der Waals surface area contributed by atoms with Gasteiger partial charge in [-0.1, -0.05) is 23.7 Å². The predicted molar refractivity (Wildman–Crippen MR) is 97.4 cm³/mol. The fourth-order valence-corrected chi connectivity index (χ4v) is 2.73. The highest BCUT2D eigenvalue weighted by Crippen LogP contribution is 2.22. The number of ether oxygens (including phenoxy) is 1. The number of nitrogens with one attached hydrogen (secondary N) is 1. The van der Waals surface area contributed by atoms with E-state index in [4.69, 9.17) is 16.3 Å². The highest BCUT2D eigenvalue weighted by atomic mass is 35.5. The molecule has 0 aliphatic carbocycles. The van der Waals surface area contributed by atoms with E-state index in [0.717, 1.165) is 12.2 Å². The molecule has 25 heavy (non-hydrogen) atoms. The van der Waals surface area contributed by atoms with Gasteiger partial charge >= 0.3 is 6.03 Å². The van der Waals surface area contributed by atoms with Crippen molar-refractivity contribution in [2.45, 2.75) is 12.5 Å². The molecule has 1 saturated heterocycles. The number of aromatic nitrogens is 2. The number of nitrogens with zero attached hydrogens (tertiary/aromatic N) is 4. The summed E-state index contributed by atoms with van der Waals surface area (Å²) in [6.07, 6.45) is 0.643. The first-order valence-corrected chi connectivity index (χ1v) is 8.39. The number of benzene rings is 1. The Morgan fingerprint density at radius 2 is 2.08 bits per heavy atom. The minimum Gasteiger partial charge on any atom is -0.471 e. The van der Waals surface area contributed by atoms with E-state index in [1.54, 1.807) is 23.1 Å². The van der Waals surface area contributed by atoms with Crippen molar-refractivity contribution in [2.24, 2.45) is 0 Å². The molecular weight excluding hydrogens is 342 g/mol. The summed E-state index contributed by atoms with van der Waals surface area (Å²) in [4.78, 5) is 15.9. The van der Waals surface area contributed by atoms with Crippen LogP contribution in [0.5, 0.6) is 5.88 Å². The predicted octanol–water partition coefficient (Wildman–Crippen LogP) is 2.88. The summed E-state index contributed by atoms with van der Waals surface area (Å²) in [6.45, 7) is 1.11. The summed E-state index contributed by atoms with van der Waals surface area (Å²) >= 11 is 6.07. The minimum absolute atomic E-state index is 0.100. The molecule has 0 radical (unpaired) electrons. The van der Waals surface area contributed by atoms with Crippen LogP contribution >= 0.6 is 11.6 Å². The third kappa shape index (κ3) is 4.30. The zero-order valence-corrected chi connectivity index (χ0v) is 14.9. The summed E-state index contributed by atoms with van der Waals surface area (Å²) in [7, 11) is 3.80. The molecule has 2 amide bonds. The lowest BCUT2D eigenvalue weighted by Gasteiger charge is -2.18. The monoisotopic (exact) mass is 361 g/mol. The summed E-state index contributed by atoms with van der Waals surface area (Å²) in [5.74, 6) is 1.23. The zero-order chi connectivity index (χ0) is 17.8. The highest BCUT2D eigenvalue weighted by Gasteiger charge is 2.28. The van der Waals surface area contributed by atoms with Crippen LogP contribution in [0.3, 0.4) is 0 Å². The number of urea groups is 1. The molecule has 2 aromatic rings. The smallest absolute Gasteiger partial charge is 0.322 e. The molecule has 1 aromatic carbocycles. The van der Waals surface area contributed by atoms with Gasteiger partial charge in [-0.3, -0.25) is 0 Å². The van der Waals surface area contributed by atoms with Crippen LogP contribution in [0.15, 0.2) is 36.4 Å². The van der Waals surface area contributed by atoms with Crippen molar-refractivity contribution in [3.05, 3.63) is 41.4 Å². The SMILES string of the molecule is CN(C)c1ccc(OC2CCN(C(=O)Nc3ccccc3Cl)C2)nn1. The fourth-order valence-electron chi connectivity index (χ4n) is 2.55. The molecule has 3 rings (SSSR count). The maximum absolute atomic E-state index is 12.4. The van der Waals surface area contributed by atoms with Crippen LogP contribution in [-0.4, -0.2) is 54.4 Å². The van der Waals surface area contributed by atoms with Crippen molar-refractivity contribution in [3.8, 4) is 5.88 Å². The standard InChI is InChI=1S/C17H20ClN5O2/c1-22(2)15-7-8-16(21-20-15)25-12-9-10-23(11-12)17(24)19-14-6-4-3-5-13(14)18/h3-8,12H,9-11H2,1-2H3,(H,19,24). The van der Waals surface area contributed by atoms with Crippen LogP contribution < -0.4 is 15.0 Å². The van der Waals surface area contributed by atoms with E-state index in [0.29, 0.717) is 29.7 Å². The first-order chi connectivity index (χ1) is 12.0. The molecule has 1 aliphatic rings. The summed E-state index contributed by atoms with van der Waals surface area (Å²) in [6, 6.07) is 10.6. The van der Waals surface area contributed by atoms with E-state index >= 15 is 0 Å². The van der Waals surface area contributed by atoms with Crippen LogP contribution in [0.25, 0.3) is 0 Å². The molecule has 2 heterocycles. The van der Waals surface area contributed by atoms with E-state index in [-0.39, 0.29) is 12.1 Å². The van der Waals surface area contributed by atoms with Gasteiger partial charge < -0.3 is 19.9 Å². The van der Waals surface area contributed by atoms with Gasteiger partial charge in [0, 0.05) is 33.1 Å². The third-order valence-electron chi connectivity index (χ3n) is 3.92. The molecule has 1 atom stereocenters. The Labute approximate surface area is 151 Å². The van der Waals surface area contributed by atoms with Crippen molar-refractivity contribution in [1.82, 2.24) is 15.1 Å². The molecule has 1 aromatic heterocycles. The summed E-state index contributed by atoms with van der Waals surface area (Å²) in [5, 5.41) is 11.5. The number of hydrogen-bond donors (Lipinski definition) is 1. The lowest BCUT2D eigenvalue weighted by atomic mass is 10.3. The number of anilines is 2. The molecule has 1 N–H and O–H groups in total. The lowest BCUT2D eigenvalue weighted by Crippen LogP contribution is -2.34. The molecule has 132 valence electrons. The molecule has 7 nitrogen and oxygen atoms in total. The highest BCUT2D eigenvalue weighted by molar-refractivity contribution is 6.33. The second-order valence-corrected chi connectivity index (χ2v) is 6.42. The van der Waals surface area contributed by atoms with Gasteiger partial charge in [-0.15, -0.1) is 10.2 Å². The van der Waals surface area contributed by atoms with Gasteiger partial charge in [0.1, 0.15) is 6.10 Å². The fraction of sp³-hybridized carbons (Fsp3) is 0.353. The van der Waals surface area contributed by atoms with Crippen molar-refractivity contribution < 1.29 is 9.53 Å². The first-order valence-electron chi connectivity index (χ1n) is 8.01. The largest absolute Gasteiger partial charge is 0.471 e. The summed E-state index contributed by atoms with van der Waals surface area (Å²) in [5.41, 5.74) is 0.601. The Bertz CT molecular complexity index is 738. The van der Waals surface area contributed by atoms with Crippen LogP contribution in [0.2, 0.25) is 5.02 Å². The molecule has 1 unspecified atom stereocenters. The number of rotatable bonds is 4. The topological polar surface area (TPSA) is 70.6 Å². The van der Waals surface area contributed by atoms with Gasteiger partial charge in [0.25, 0.3) is 0 Å². The lowest BCUT2D eigenvalue weighted by molar-refractivity contribution is 0.188. The first kappa shape index (κ1) is 17.3. The number of para-hydroxylation sites is 1. The van der Waals surface area contributed by atoms with Gasteiger partial charge in [0.15, 0.2) is 5.82 Å². The number of amides is 2. The van der Waals surface area contributed by atoms with Crippen molar-refractivity contribution >= 4 is 29.1 Å². The van der Waals surface area contributed by atoms with Gasteiger partial charge in [0.2, 0.25) is 5.88 Å². The van der Waals surface area contributed by atoms with E-state index in [9.17, 15) is 4.79 Å². The van der Waals surface area contributed by atoms with Crippen LogP contribution in [0.4, 0.5) is 16.3 Å². The van der Waals surface area contributed by atoms with Crippen LogP contribution in [0.1, 0.15) is 6.42 Å². The Balaban J connectivity index is 1.54. The average Bonchev–Trinajstić information content (AvgIpc) is 3.06. The quantitative estimate of drug-likeness (QED) is 0.906. The van der Waals surface area contributed by atoms with E-state index in [2.05, 4.69) is 15.5 Å². The number of carbonyl (C=O) groups is 1. The number of carbonyl (C=O) groups excluding carboxylic acids is 1. The Hall–Kier alpha value is -2.54. The summed E-state index contributed by atoms with van der Waals surface area (Å²) < 4.78 is 5.82. The van der Waals surface area contributed by atoms with Crippen molar-refractivity contribution in [3.63, 3.8) is 0 Å². The number of halogens is 1. The van der Waals surface area contributed by atoms with Crippen LogP contribution in [0, 0.1) is 0 Å². The van der Waals surface area contributed by atoms with Gasteiger partial charge in [0.05, 0.1) is 17.3 Å². The molecule has 8 heteroatoms. The molecular formula is C17H20ClN5O2. The van der Waals surface area contributed by atoms with Crippen LogP contribution in [-0.2, 0) is 0 Å². The normalized spacial score (nSPS) is 16.6. The maximum atomic E-state index is 12.4. The Morgan fingerprint density at radius 1 is 1.28 bits per heavy atom. The zero-order valence-electron chi connectivity index (χ0n) is 14.1. The van der Waals surface area contributed by atoms with Crippen molar-refractivity contribution in [1.29, 1.82) is 0 Å². The number of likely N-dealkylation sites (tertiary alicyclic amines) is 1. The second-order valence-electron chi connectivity index (χ2n) is 6.01. The Kier molecular flexibility index (Phi) is 5.23. The van der Waals surface area contributed by atoms with Gasteiger partial charge in [-0.2, -0.15) is 0 Å². The number of hydrogen-bond acceptors (Lipinski definition) is 5. The minimum atomic E-state index is -0.187.